The number of aryl methyl sites for hydroxylation is 1. The first-order valence-corrected chi connectivity index (χ1v) is 14.6. The minimum absolute atomic E-state index is 0.207. The predicted octanol–water partition coefficient (Wildman–Crippen LogP) is 4.81. The third-order valence-electron chi connectivity index (χ3n) is 6.90. The number of nitrogens with zero attached hydrogens (tertiary/aromatic N) is 3. The van der Waals surface area contributed by atoms with E-state index in [-0.39, 0.29) is 29.1 Å². The number of carbonyl (C=O) groups excluding carboxylic acids is 3. The number of hydrogen-bond acceptors (Lipinski definition) is 7. The lowest BCUT2D eigenvalue weighted by Crippen LogP contribution is -2.33. The molecule has 6 rings (SSSR count). The number of rotatable bonds is 5. The second-order valence-electron chi connectivity index (χ2n) is 9.30. The van der Waals surface area contributed by atoms with E-state index >= 15 is 0 Å². The van der Waals surface area contributed by atoms with Gasteiger partial charge in [-0.05, 0) is 54.4 Å². The SMILES string of the molecule is Cc1ccccc1NC(=O)Cn1c2c(sc1=O)[C@@H](c1cccnc1)[C@@H]1C(=O)N(c3ccc(Br)cc3)C(=O)[C@@H]1S2. The minimum atomic E-state index is -0.751. The van der Waals surface area contributed by atoms with E-state index in [4.69, 9.17) is 0 Å². The summed E-state index contributed by atoms with van der Waals surface area (Å²) in [6.07, 6.45) is 3.31. The zero-order chi connectivity index (χ0) is 27.3. The Morgan fingerprint density at radius 3 is 2.51 bits per heavy atom. The number of thioether (sulfide) groups is 1. The number of imide groups is 1. The van der Waals surface area contributed by atoms with Gasteiger partial charge in [-0.1, -0.05) is 63.3 Å². The predicted molar refractivity (Wildman–Crippen MR) is 154 cm³/mol. The van der Waals surface area contributed by atoms with Crippen molar-refractivity contribution in [3.8, 4) is 0 Å². The molecular weight excluding hydrogens is 600 g/mol. The highest BCUT2D eigenvalue weighted by Gasteiger charge is 2.56. The number of thiazole rings is 1. The molecule has 2 aliphatic rings. The van der Waals surface area contributed by atoms with Gasteiger partial charge in [0.25, 0.3) is 0 Å². The maximum atomic E-state index is 13.8. The van der Waals surface area contributed by atoms with Crippen molar-refractivity contribution >= 4 is 68.1 Å². The van der Waals surface area contributed by atoms with Crippen LogP contribution in [0, 0.1) is 12.8 Å². The number of amides is 3. The monoisotopic (exact) mass is 620 g/mol. The van der Waals surface area contributed by atoms with Crippen molar-refractivity contribution in [2.24, 2.45) is 5.92 Å². The molecule has 8 nitrogen and oxygen atoms in total. The summed E-state index contributed by atoms with van der Waals surface area (Å²) >= 11 is 5.60. The molecule has 39 heavy (non-hydrogen) atoms. The topological polar surface area (TPSA) is 101 Å². The Labute approximate surface area is 240 Å². The molecule has 2 aromatic heterocycles. The van der Waals surface area contributed by atoms with Crippen molar-refractivity contribution in [2.45, 2.75) is 29.7 Å². The number of anilines is 2. The summed E-state index contributed by atoms with van der Waals surface area (Å²) in [5.74, 6) is -2.27. The summed E-state index contributed by atoms with van der Waals surface area (Å²) in [5, 5.41) is 2.66. The standard InChI is InChI=1S/C28H21BrN4O4S2/c1-15-5-2-3-7-19(15)31-20(34)14-32-27-24(39-28(32)37)21(16-6-4-12-30-13-16)22-23(38-27)26(36)33(25(22)35)18-10-8-17(29)9-11-18/h2-13,21-23H,14H2,1H3,(H,31,34)/t21-,22-,23+/m0/s1. The van der Waals surface area contributed by atoms with E-state index < -0.39 is 17.1 Å². The zero-order valence-corrected chi connectivity index (χ0v) is 23.8. The van der Waals surface area contributed by atoms with Crippen molar-refractivity contribution in [1.82, 2.24) is 9.55 Å². The molecule has 3 amide bonds. The second kappa shape index (κ2) is 10.2. The first kappa shape index (κ1) is 25.7. The summed E-state index contributed by atoms with van der Waals surface area (Å²) in [6.45, 7) is 1.68. The molecule has 196 valence electrons. The number of para-hydroxylation sites is 1. The number of benzene rings is 2. The molecule has 0 unspecified atom stereocenters. The second-order valence-corrected chi connectivity index (χ2v) is 12.3. The van der Waals surface area contributed by atoms with E-state index in [1.54, 1.807) is 48.8 Å². The highest BCUT2D eigenvalue weighted by atomic mass is 79.9. The number of aromatic nitrogens is 2. The quantitative estimate of drug-likeness (QED) is 0.321. The number of halogens is 1. The van der Waals surface area contributed by atoms with Crippen LogP contribution in [-0.4, -0.2) is 32.5 Å². The molecule has 2 aliphatic heterocycles. The van der Waals surface area contributed by atoms with Gasteiger partial charge >= 0.3 is 4.87 Å². The third-order valence-corrected chi connectivity index (χ3v) is 10.0. The van der Waals surface area contributed by atoms with Crippen molar-refractivity contribution in [1.29, 1.82) is 0 Å². The fourth-order valence-corrected chi connectivity index (χ4v) is 8.10. The molecule has 0 saturated carbocycles. The molecule has 3 atom stereocenters. The molecule has 4 aromatic rings. The molecular formula is C28H21BrN4O4S2. The fraction of sp³-hybridized carbons (Fsp3) is 0.179. The Kier molecular flexibility index (Phi) is 6.74. The highest BCUT2D eigenvalue weighted by molar-refractivity contribution is 9.10. The van der Waals surface area contributed by atoms with Gasteiger partial charge in [-0.25, -0.2) is 4.90 Å². The number of nitrogens with one attached hydrogen (secondary N) is 1. The van der Waals surface area contributed by atoms with Crippen molar-refractivity contribution in [2.75, 3.05) is 10.2 Å². The van der Waals surface area contributed by atoms with Crippen LogP contribution in [0.2, 0.25) is 0 Å². The van der Waals surface area contributed by atoms with Crippen LogP contribution < -0.4 is 15.1 Å². The van der Waals surface area contributed by atoms with Gasteiger partial charge in [0.1, 0.15) is 11.8 Å². The molecule has 0 bridgehead atoms. The Hall–Kier alpha value is -3.54. The molecule has 4 heterocycles. The van der Waals surface area contributed by atoms with Gasteiger partial charge in [-0.15, -0.1) is 0 Å². The fourth-order valence-electron chi connectivity index (χ4n) is 5.07. The van der Waals surface area contributed by atoms with Crippen LogP contribution >= 0.6 is 39.0 Å². The lowest BCUT2D eigenvalue weighted by molar-refractivity contribution is -0.122. The Morgan fingerprint density at radius 1 is 1.03 bits per heavy atom. The summed E-state index contributed by atoms with van der Waals surface area (Å²) in [5.41, 5.74) is 2.81. The lowest BCUT2D eigenvalue weighted by atomic mass is 9.84. The molecule has 0 aliphatic carbocycles. The lowest BCUT2D eigenvalue weighted by Gasteiger charge is -2.30. The maximum Gasteiger partial charge on any atom is 0.308 e. The van der Waals surface area contributed by atoms with Gasteiger partial charge in [0.15, 0.2) is 0 Å². The van der Waals surface area contributed by atoms with Gasteiger partial charge in [-0.2, -0.15) is 0 Å². The van der Waals surface area contributed by atoms with Crippen molar-refractivity contribution in [3.05, 3.63) is 103 Å². The molecule has 0 spiro atoms. The molecule has 0 radical (unpaired) electrons. The van der Waals surface area contributed by atoms with E-state index in [0.717, 1.165) is 26.9 Å². The molecule has 2 aromatic carbocycles. The van der Waals surface area contributed by atoms with Gasteiger partial charge in [0.2, 0.25) is 17.7 Å². The number of fused-ring (bicyclic) bond motifs is 2. The van der Waals surface area contributed by atoms with E-state index in [1.165, 1.54) is 21.2 Å². The van der Waals surface area contributed by atoms with Crippen LogP contribution in [0.4, 0.5) is 11.4 Å². The number of carbonyl (C=O) groups is 3. The maximum absolute atomic E-state index is 13.8. The first-order chi connectivity index (χ1) is 18.8. The molecule has 11 heteroatoms. The van der Waals surface area contributed by atoms with Crippen molar-refractivity contribution in [3.63, 3.8) is 0 Å². The Bertz CT molecular complexity index is 1670. The summed E-state index contributed by atoms with van der Waals surface area (Å²) in [7, 11) is 0. The molecule has 1 N–H and O–H groups in total. The summed E-state index contributed by atoms with van der Waals surface area (Å²) in [6, 6.07) is 18.0. The van der Waals surface area contributed by atoms with Crippen LogP contribution in [0.3, 0.4) is 0 Å². The van der Waals surface area contributed by atoms with Gasteiger partial charge in [0, 0.05) is 33.3 Å². The average molecular weight is 622 g/mol. The number of hydrogen-bond donors (Lipinski definition) is 1. The Morgan fingerprint density at radius 2 is 1.79 bits per heavy atom. The van der Waals surface area contributed by atoms with Gasteiger partial charge in [0.05, 0.1) is 16.6 Å². The largest absolute Gasteiger partial charge is 0.324 e. The van der Waals surface area contributed by atoms with Crippen LogP contribution in [-0.2, 0) is 20.9 Å². The number of pyridine rings is 1. The van der Waals surface area contributed by atoms with Crippen LogP contribution in [0.15, 0.2) is 87.4 Å². The summed E-state index contributed by atoms with van der Waals surface area (Å²) < 4.78 is 2.25. The zero-order valence-electron chi connectivity index (χ0n) is 20.5. The normalized spacial score (nSPS) is 20.1. The van der Waals surface area contributed by atoms with E-state index in [2.05, 4.69) is 26.2 Å². The average Bonchev–Trinajstić information content (AvgIpc) is 3.37. The smallest absolute Gasteiger partial charge is 0.308 e. The first-order valence-electron chi connectivity index (χ1n) is 12.1. The van der Waals surface area contributed by atoms with E-state index in [0.29, 0.717) is 21.3 Å². The van der Waals surface area contributed by atoms with E-state index in [9.17, 15) is 19.2 Å². The summed E-state index contributed by atoms with van der Waals surface area (Å²) in [4.78, 5) is 59.7. The van der Waals surface area contributed by atoms with Crippen LogP contribution in [0.25, 0.3) is 0 Å². The minimum Gasteiger partial charge on any atom is -0.324 e. The van der Waals surface area contributed by atoms with Crippen molar-refractivity contribution < 1.29 is 14.4 Å². The Balaban J connectivity index is 1.40. The van der Waals surface area contributed by atoms with Crippen LogP contribution in [0.1, 0.15) is 21.9 Å². The van der Waals surface area contributed by atoms with Gasteiger partial charge in [-0.3, -0.25) is 28.7 Å². The third kappa shape index (κ3) is 4.54. The molecule has 1 fully saturated rings. The molecule has 1 saturated heterocycles. The van der Waals surface area contributed by atoms with Gasteiger partial charge < -0.3 is 5.32 Å². The highest BCUT2D eigenvalue weighted by Crippen LogP contribution is 2.53. The van der Waals surface area contributed by atoms with E-state index in [1.807, 2.05) is 31.2 Å². The van der Waals surface area contributed by atoms with Crippen LogP contribution in [0.5, 0.6) is 0 Å².